The lowest BCUT2D eigenvalue weighted by molar-refractivity contribution is 0.179. The van der Waals surface area contributed by atoms with Gasteiger partial charge in [0.25, 0.3) is 0 Å². The zero-order valence-electron chi connectivity index (χ0n) is 9.14. The lowest BCUT2D eigenvalue weighted by Crippen LogP contribution is -2.26. The highest BCUT2D eigenvalue weighted by molar-refractivity contribution is 4.96. The summed E-state index contributed by atoms with van der Waals surface area (Å²) in [6, 6.07) is 0.477. The van der Waals surface area contributed by atoms with E-state index in [0.29, 0.717) is 6.04 Å². The molecule has 0 aliphatic heterocycles. The standard InChI is InChI=1S/C8H13N3O.C2H6/c1-6-2-7(3-6)11-8(5-12)4-9-10-11;1-2/h4,6-7,12H,2-3,5H2,1H3;1-2H3. The van der Waals surface area contributed by atoms with Gasteiger partial charge in [0.1, 0.15) is 0 Å². The molecule has 2 rings (SSSR count). The van der Waals surface area contributed by atoms with Gasteiger partial charge in [-0.25, -0.2) is 4.68 Å². The molecule has 1 aromatic heterocycles. The summed E-state index contributed by atoms with van der Waals surface area (Å²) in [6.07, 6.45) is 3.95. The van der Waals surface area contributed by atoms with Crippen molar-refractivity contribution in [1.82, 2.24) is 15.0 Å². The van der Waals surface area contributed by atoms with Gasteiger partial charge in [0, 0.05) is 0 Å². The minimum Gasteiger partial charge on any atom is -0.390 e. The Labute approximate surface area is 84.9 Å². The van der Waals surface area contributed by atoms with Gasteiger partial charge < -0.3 is 5.11 Å². The molecule has 0 bridgehead atoms. The van der Waals surface area contributed by atoms with Crippen molar-refractivity contribution in [3.05, 3.63) is 11.9 Å². The van der Waals surface area contributed by atoms with E-state index in [2.05, 4.69) is 17.2 Å². The van der Waals surface area contributed by atoms with Crippen LogP contribution in [0, 0.1) is 5.92 Å². The second-order valence-corrected chi connectivity index (χ2v) is 3.56. The third kappa shape index (κ3) is 2.12. The number of aliphatic hydroxyl groups excluding tert-OH is 1. The second-order valence-electron chi connectivity index (χ2n) is 3.56. The van der Waals surface area contributed by atoms with E-state index >= 15 is 0 Å². The topological polar surface area (TPSA) is 50.9 Å². The average Bonchev–Trinajstić information content (AvgIpc) is 2.63. The Balaban J connectivity index is 0.000000461. The van der Waals surface area contributed by atoms with Crippen LogP contribution in [-0.4, -0.2) is 20.1 Å². The Bertz CT molecular complexity index is 266. The van der Waals surface area contributed by atoms with Gasteiger partial charge >= 0.3 is 0 Å². The Hall–Kier alpha value is -0.900. The maximum absolute atomic E-state index is 8.94. The largest absolute Gasteiger partial charge is 0.390 e. The highest BCUT2D eigenvalue weighted by Crippen LogP contribution is 2.37. The predicted molar refractivity (Wildman–Crippen MR) is 54.7 cm³/mol. The van der Waals surface area contributed by atoms with Gasteiger partial charge in [0.15, 0.2) is 0 Å². The second kappa shape index (κ2) is 5.10. The summed E-state index contributed by atoms with van der Waals surface area (Å²) < 4.78 is 1.85. The van der Waals surface area contributed by atoms with Crippen molar-refractivity contribution >= 4 is 0 Å². The number of nitrogens with zero attached hydrogens (tertiary/aromatic N) is 3. The molecular formula is C10H19N3O. The molecule has 1 aromatic rings. The molecule has 0 radical (unpaired) electrons. The summed E-state index contributed by atoms with van der Waals surface area (Å²) in [4.78, 5) is 0. The van der Waals surface area contributed by atoms with Gasteiger partial charge in [-0.1, -0.05) is 26.0 Å². The Kier molecular flexibility index (Phi) is 4.07. The van der Waals surface area contributed by atoms with Crippen molar-refractivity contribution in [3.63, 3.8) is 0 Å². The number of hydrogen-bond acceptors (Lipinski definition) is 3. The van der Waals surface area contributed by atoms with Crippen molar-refractivity contribution in [1.29, 1.82) is 0 Å². The number of aromatic nitrogens is 3. The van der Waals surface area contributed by atoms with Crippen LogP contribution in [0.5, 0.6) is 0 Å². The van der Waals surface area contributed by atoms with Crippen molar-refractivity contribution in [3.8, 4) is 0 Å². The molecule has 0 atom stereocenters. The van der Waals surface area contributed by atoms with Gasteiger partial charge in [0.05, 0.1) is 24.5 Å². The van der Waals surface area contributed by atoms with Crippen molar-refractivity contribution in [2.75, 3.05) is 0 Å². The molecule has 1 aliphatic rings. The maximum atomic E-state index is 8.94. The van der Waals surface area contributed by atoms with Gasteiger partial charge in [-0.05, 0) is 18.8 Å². The first-order chi connectivity index (χ1) is 6.81. The molecule has 0 saturated heterocycles. The first kappa shape index (κ1) is 11.2. The van der Waals surface area contributed by atoms with E-state index in [1.54, 1.807) is 6.20 Å². The van der Waals surface area contributed by atoms with E-state index < -0.39 is 0 Å². The minimum absolute atomic E-state index is 0.0396. The molecule has 14 heavy (non-hydrogen) atoms. The SMILES string of the molecule is CC.CC1CC(n2nncc2CO)C1. The van der Waals surface area contributed by atoms with Crippen LogP contribution < -0.4 is 0 Å². The summed E-state index contributed by atoms with van der Waals surface area (Å²) in [7, 11) is 0. The lowest BCUT2D eigenvalue weighted by Gasteiger charge is -2.33. The van der Waals surface area contributed by atoms with Crippen molar-refractivity contribution in [2.24, 2.45) is 5.92 Å². The molecule has 1 N–H and O–H groups in total. The van der Waals surface area contributed by atoms with E-state index in [0.717, 1.165) is 24.5 Å². The first-order valence-electron chi connectivity index (χ1n) is 5.31. The van der Waals surface area contributed by atoms with Crippen LogP contribution in [0.2, 0.25) is 0 Å². The van der Waals surface area contributed by atoms with E-state index in [9.17, 15) is 0 Å². The van der Waals surface area contributed by atoms with Gasteiger partial charge in [-0.3, -0.25) is 0 Å². The lowest BCUT2D eigenvalue weighted by atomic mass is 9.82. The Morgan fingerprint density at radius 2 is 2.14 bits per heavy atom. The van der Waals surface area contributed by atoms with Crippen LogP contribution >= 0.6 is 0 Å². The summed E-state index contributed by atoms with van der Waals surface area (Å²) in [5.41, 5.74) is 0.826. The van der Waals surface area contributed by atoms with E-state index in [1.165, 1.54) is 0 Å². The molecule has 1 heterocycles. The van der Waals surface area contributed by atoms with Crippen LogP contribution in [0.4, 0.5) is 0 Å². The number of rotatable bonds is 2. The number of aliphatic hydroxyl groups is 1. The van der Waals surface area contributed by atoms with E-state index in [4.69, 9.17) is 5.11 Å². The maximum Gasteiger partial charge on any atom is 0.0866 e. The fourth-order valence-electron chi connectivity index (χ4n) is 1.75. The molecule has 0 amide bonds. The highest BCUT2D eigenvalue weighted by Gasteiger charge is 2.28. The quantitative estimate of drug-likeness (QED) is 0.786. The monoisotopic (exact) mass is 197 g/mol. The summed E-state index contributed by atoms with van der Waals surface area (Å²) >= 11 is 0. The summed E-state index contributed by atoms with van der Waals surface area (Å²) in [5, 5.41) is 16.7. The fraction of sp³-hybridized carbons (Fsp3) is 0.800. The van der Waals surface area contributed by atoms with Gasteiger partial charge in [-0.15, -0.1) is 5.10 Å². The van der Waals surface area contributed by atoms with Crippen LogP contribution in [0.3, 0.4) is 0 Å². The van der Waals surface area contributed by atoms with Gasteiger partial charge in [-0.2, -0.15) is 0 Å². The summed E-state index contributed by atoms with van der Waals surface area (Å²) in [6.45, 7) is 6.27. The fourth-order valence-corrected chi connectivity index (χ4v) is 1.75. The molecule has 1 saturated carbocycles. The zero-order valence-corrected chi connectivity index (χ0v) is 9.14. The third-order valence-electron chi connectivity index (χ3n) is 2.51. The van der Waals surface area contributed by atoms with E-state index in [1.807, 2.05) is 18.5 Å². The van der Waals surface area contributed by atoms with E-state index in [-0.39, 0.29) is 6.61 Å². The van der Waals surface area contributed by atoms with Crippen molar-refractivity contribution < 1.29 is 5.11 Å². The smallest absolute Gasteiger partial charge is 0.0866 e. The van der Waals surface area contributed by atoms with Crippen LogP contribution in [0.15, 0.2) is 6.20 Å². The Morgan fingerprint density at radius 3 is 2.64 bits per heavy atom. The normalized spacial score (nSPS) is 24.9. The highest BCUT2D eigenvalue weighted by atomic mass is 16.3. The number of hydrogen-bond donors (Lipinski definition) is 1. The summed E-state index contributed by atoms with van der Waals surface area (Å²) in [5.74, 6) is 0.797. The third-order valence-corrected chi connectivity index (χ3v) is 2.51. The molecule has 4 heteroatoms. The zero-order chi connectivity index (χ0) is 10.6. The molecule has 1 aliphatic carbocycles. The molecule has 80 valence electrons. The first-order valence-corrected chi connectivity index (χ1v) is 5.31. The van der Waals surface area contributed by atoms with Crippen molar-refractivity contribution in [2.45, 2.75) is 46.3 Å². The van der Waals surface area contributed by atoms with Gasteiger partial charge in [0.2, 0.25) is 0 Å². The Morgan fingerprint density at radius 1 is 1.50 bits per heavy atom. The molecule has 4 nitrogen and oxygen atoms in total. The van der Waals surface area contributed by atoms with Crippen LogP contribution in [0.1, 0.15) is 45.3 Å². The molecular weight excluding hydrogens is 178 g/mol. The molecule has 0 aromatic carbocycles. The average molecular weight is 197 g/mol. The molecule has 0 spiro atoms. The molecule has 0 unspecified atom stereocenters. The van der Waals surface area contributed by atoms with Crippen LogP contribution in [0.25, 0.3) is 0 Å². The molecule has 1 fully saturated rings. The van der Waals surface area contributed by atoms with Crippen LogP contribution in [-0.2, 0) is 6.61 Å². The minimum atomic E-state index is 0.0396. The predicted octanol–water partition coefficient (Wildman–Crippen LogP) is 1.77.